The molecule has 116 valence electrons. The summed E-state index contributed by atoms with van der Waals surface area (Å²) in [6, 6.07) is 6.55. The molecule has 6 heteroatoms. The van der Waals surface area contributed by atoms with E-state index in [2.05, 4.69) is 5.32 Å². The number of aliphatic carboxylic acids is 1. The van der Waals surface area contributed by atoms with Gasteiger partial charge in [-0.1, -0.05) is 18.2 Å². The van der Waals surface area contributed by atoms with E-state index in [-0.39, 0.29) is 25.4 Å². The summed E-state index contributed by atoms with van der Waals surface area (Å²) >= 11 is 0. The summed E-state index contributed by atoms with van der Waals surface area (Å²) in [6.07, 6.45) is 0.674. The normalized spacial score (nSPS) is 11.7. The van der Waals surface area contributed by atoms with Crippen molar-refractivity contribution in [1.29, 1.82) is 0 Å². The first-order chi connectivity index (χ1) is 10.0. The molecule has 0 aliphatic rings. The van der Waals surface area contributed by atoms with Crippen LogP contribution in [0.4, 0.5) is 0 Å². The number of hydrogen-bond donors (Lipinski definition) is 3. The van der Waals surface area contributed by atoms with Crippen molar-refractivity contribution in [1.82, 2.24) is 5.32 Å². The van der Waals surface area contributed by atoms with Crippen molar-refractivity contribution >= 4 is 11.9 Å². The van der Waals surface area contributed by atoms with Crippen LogP contribution >= 0.6 is 0 Å². The fraction of sp³-hybridized carbons (Fsp3) is 0.467. The third-order valence-corrected chi connectivity index (χ3v) is 2.95. The van der Waals surface area contributed by atoms with Crippen molar-refractivity contribution in [2.75, 3.05) is 13.2 Å². The van der Waals surface area contributed by atoms with Crippen LogP contribution in [0.2, 0.25) is 0 Å². The molecule has 0 bridgehead atoms. The smallest absolute Gasteiger partial charge is 0.326 e. The molecule has 1 unspecified atom stereocenters. The molecule has 1 atom stereocenters. The zero-order valence-corrected chi connectivity index (χ0v) is 12.0. The molecular formula is C15H21NO5. The number of rotatable bonds is 9. The number of aryl methyl sites for hydroxylation is 1. The molecule has 0 aliphatic heterocycles. The number of benzene rings is 1. The van der Waals surface area contributed by atoms with Crippen LogP contribution < -0.4 is 10.1 Å². The van der Waals surface area contributed by atoms with Crippen LogP contribution in [-0.2, 0) is 9.59 Å². The van der Waals surface area contributed by atoms with Gasteiger partial charge in [0.2, 0.25) is 5.91 Å². The van der Waals surface area contributed by atoms with E-state index in [9.17, 15) is 9.59 Å². The highest BCUT2D eigenvalue weighted by Crippen LogP contribution is 2.16. The molecule has 21 heavy (non-hydrogen) atoms. The Balaban J connectivity index is 2.27. The van der Waals surface area contributed by atoms with Crippen LogP contribution in [0.5, 0.6) is 5.75 Å². The molecule has 0 aromatic heterocycles. The van der Waals surface area contributed by atoms with Gasteiger partial charge in [-0.25, -0.2) is 4.79 Å². The second-order valence-corrected chi connectivity index (χ2v) is 4.69. The van der Waals surface area contributed by atoms with Gasteiger partial charge in [-0.05, 0) is 25.0 Å². The minimum absolute atomic E-state index is 0.000777. The summed E-state index contributed by atoms with van der Waals surface area (Å²) in [7, 11) is 0. The Labute approximate surface area is 123 Å². The van der Waals surface area contributed by atoms with Gasteiger partial charge in [0.05, 0.1) is 6.61 Å². The molecule has 0 aliphatic carbocycles. The number of carbonyl (C=O) groups is 2. The lowest BCUT2D eigenvalue weighted by atomic mass is 10.2. The van der Waals surface area contributed by atoms with Crippen molar-refractivity contribution in [3.8, 4) is 5.75 Å². The third-order valence-electron chi connectivity index (χ3n) is 2.95. The minimum atomic E-state index is -1.14. The summed E-state index contributed by atoms with van der Waals surface area (Å²) in [5, 5.41) is 20.0. The standard InChI is InChI=1S/C15H21NO5/c1-11-5-2-3-6-13(11)21-10-4-7-14(18)16-12(8-9-17)15(19)20/h2-3,5-6,12,17H,4,7-10H2,1H3,(H,16,18)(H,19,20). The molecule has 0 saturated heterocycles. The summed E-state index contributed by atoms with van der Waals surface area (Å²) < 4.78 is 5.55. The molecule has 0 saturated carbocycles. The molecule has 0 fully saturated rings. The quantitative estimate of drug-likeness (QED) is 0.593. The van der Waals surface area contributed by atoms with Gasteiger partial charge in [0.25, 0.3) is 0 Å². The SMILES string of the molecule is Cc1ccccc1OCCCC(=O)NC(CCO)C(=O)O. The van der Waals surface area contributed by atoms with Crippen LogP contribution in [0.1, 0.15) is 24.8 Å². The fourth-order valence-electron chi connectivity index (χ4n) is 1.79. The molecule has 3 N–H and O–H groups in total. The minimum Gasteiger partial charge on any atom is -0.493 e. The number of nitrogens with one attached hydrogen (secondary N) is 1. The number of aliphatic hydroxyl groups excluding tert-OH is 1. The van der Waals surface area contributed by atoms with Gasteiger partial charge in [-0.2, -0.15) is 0 Å². The third kappa shape index (κ3) is 6.27. The molecule has 0 heterocycles. The van der Waals surface area contributed by atoms with E-state index in [0.29, 0.717) is 13.0 Å². The molecule has 0 radical (unpaired) electrons. The van der Waals surface area contributed by atoms with E-state index in [0.717, 1.165) is 11.3 Å². The Morgan fingerprint density at radius 2 is 2.05 bits per heavy atom. The number of ether oxygens (including phenoxy) is 1. The molecule has 6 nitrogen and oxygen atoms in total. The van der Waals surface area contributed by atoms with Gasteiger partial charge in [-0.15, -0.1) is 0 Å². The molecule has 1 rings (SSSR count). The van der Waals surface area contributed by atoms with Gasteiger partial charge in [0.15, 0.2) is 0 Å². The Morgan fingerprint density at radius 3 is 2.67 bits per heavy atom. The Hall–Kier alpha value is -2.08. The Morgan fingerprint density at radius 1 is 1.33 bits per heavy atom. The van der Waals surface area contributed by atoms with Crippen LogP contribution in [0.3, 0.4) is 0 Å². The second kappa shape index (κ2) is 8.97. The average molecular weight is 295 g/mol. The van der Waals surface area contributed by atoms with Gasteiger partial charge in [0.1, 0.15) is 11.8 Å². The van der Waals surface area contributed by atoms with Crippen molar-refractivity contribution in [2.24, 2.45) is 0 Å². The number of amides is 1. The predicted molar refractivity (Wildman–Crippen MR) is 77.2 cm³/mol. The molecular weight excluding hydrogens is 274 g/mol. The largest absolute Gasteiger partial charge is 0.493 e. The number of para-hydroxylation sites is 1. The number of hydrogen-bond acceptors (Lipinski definition) is 4. The van der Waals surface area contributed by atoms with Crippen LogP contribution in [0, 0.1) is 6.92 Å². The van der Waals surface area contributed by atoms with Crippen molar-refractivity contribution in [2.45, 2.75) is 32.2 Å². The van der Waals surface area contributed by atoms with Crippen LogP contribution in [0.15, 0.2) is 24.3 Å². The molecule has 1 aromatic rings. The lowest BCUT2D eigenvalue weighted by Gasteiger charge is -2.13. The van der Waals surface area contributed by atoms with E-state index >= 15 is 0 Å². The van der Waals surface area contributed by atoms with Gasteiger partial charge >= 0.3 is 5.97 Å². The predicted octanol–water partition coefficient (Wildman–Crippen LogP) is 1.11. The second-order valence-electron chi connectivity index (χ2n) is 4.69. The summed E-state index contributed by atoms with van der Waals surface area (Å²) in [4.78, 5) is 22.4. The highest BCUT2D eigenvalue weighted by molar-refractivity contribution is 5.83. The van der Waals surface area contributed by atoms with E-state index in [1.165, 1.54) is 0 Å². The van der Waals surface area contributed by atoms with Crippen LogP contribution in [-0.4, -0.2) is 41.3 Å². The highest BCUT2D eigenvalue weighted by atomic mass is 16.5. The van der Waals surface area contributed by atoms with E-state index < -0.39 is 12.0 Å². The Bertz CT molecular complexity index is 475. The first-order valence-corrected chi connectivity index (χ1v) is 6.86. The molecule has 1 amide bonds. The number of carbonyl (C=O) groups excluding carboxylic acids is 1. The zero-order chi connectivity index (χ0) is 15.7. The summed E-state index contributed by atoms with van der Waals surface area (Å²) in [5.74, 6) is -0.723. The Kier molecular flexibility index (Phi) is 7.25. The average Bonchev–Trinajstić information content (AvgIpc) is 2.44. The van der Waals surface area contributed by atoms with Crippen molar-refractivity contribution in [3.05, 3.63) is 29.8 Å². The lowest BCUT2D eigenvalue weighted by Crippen LogP contribution is -2.41. The first-order valence-electron chi connectivity index (χ1n) is 6.86. The number of aliphatic hydroxyl groups is 1. The van der Waals surface area contributed by atoms with E-state index in [1.54, 1.807) is 0 Å². The van der Waals surface area contributed by atoms with Crippen LogP contribution in [0.25, 0.3) is 0 Å². The van der Waals surface area contributed by atoms with Gasteiger partial charge in [-0.3, -0.25) is 4.79 Å². The fourth-order valence-corrected chi connectivity index (χ4v) is 1.79. The highest BCUT2D eigenvalue weighted by Gasteiger charge is 2.18. The molecule has 0 spiro atoms. The van der Waals surface area contributed by atoms with Gasteiger partial charge < -0.3 is 20.3 Å². The molecule has 1 aromatic carbocycles. The first kappa shape index (κ1) is 17.0. The van der Waals surface area contributed by atoms with E-state index in [4.69, 9.17) is 14.9 Å². The maximum Gasteiger partial charge on any atom is 0.326 e. The maximum atomic E-state index is 11.6. The number of carboxylic acids is 1. The maximum absolute atomic E-state index is 11.6. The summed E-state index contributed by atoms with van der Waals surface area (Å²) in [6.45, 7) is 2.04. The van der Waals surface area contributed by atoms with Crippen molar-refractivity contribution < 1.29 is 24.5 Å². The zero-order valence-electron chi connectivity index (χ0n) is 12.0. The lowest BCUT2D eigenvalue weighted by molar-refractivity contribution is -0.142. The van der Waals surface area contributed by atoms with Gasteiger partial charge in [0, 0.05) is 19.4 Å². The summed E-state index contributed by atoms with van der Waals surface area (Å²) in [5.41, 5.74) is 1.02. The van der Waals surface area contributed by atoms with E-state index in [1.807, 2.05) is 31.2 Å². The monoisotopic (exact) mass is 295 g/mol. The topological polar surface area (TPSA) is 95.9 Å². The van der Waals surface area contributed by atoms with Crippen molar-refractivity contribution in [3.63, 3.8) is 0 Å². The number of carboxylic acid groups (broad SMARTS) is 1.